The van der Waals surface area contributed by atoms with Gasteiger partial charge in [0, 0.05) is 26.7 Å². The molecule has 0 aliphatic carbocycles. The van der Waals surface area contributed by atoms with Gasteiger partial charge in [-0.15, -0.1) is 11.3 Å². The predicted octanol–water partition coefficient (Wildman–Crippen LogP) is 4.17. The largest absolute Gasteiger partial charge is 0.398 e. The first-order valence-corrected chi connectivity index (χ1v) is 6.92. The molecule has 0 fully saturated rings. The molecule has 2 rings (SSSR count). The fourth-order valence-corrected chi connectivity index (χ4v) is 3.04. The summed E-state index contributed by atoms with van der Waals surface area (Å²) >= 11 is 10.8. The number of nitrogen functional groups attached to an aromatic ring is 1. The van der Waals surface area contributed by atoms with Crippen molar-refractivity contribution in [2.75, 3.05) is 5.73 Å². The second kappa shape index (κ2) is 5.21. The van der Waals surface area contributed by atoms with Gasteiger partial charge in [-0.05, 0) is 40.2 Å². The van der Waals surface area contributed by atoms with Gasteiger partial charge in [0.2, 0.25) is 0 Å². The third-order valence-corrected chi connectivity index (χ3v) is 4.30. The Balaban J connectivity index is 2.17. The molecule has 1 aromatic carbocycles. The van der Waals surface area contributed by atoms with Crippen molar-refractivity contribution in [3.8, 4) is 0 Å². The van der Waals surface area contributed by atoms with Gasteiger partial charge in [-0.25, -0.2) is 0 Å². The van der Waals surface area contributed by atoms with Crippen LogP contribution in [0.2, 0.25) is 5.02 Å². The highest BCUT2D eigenvalue weighted by Crippen LogP contribution is 2.23. The summed E-state index contributed by atoms with van der Waals surface area (Å²) in [5, 5.41) is 2.38. The molecule has 0 bridgehead atoms. The molecule has 88 valence electrons. The van der Waals surface area contributed by atoms with Crippen molar-refractivity contribution in [3.05, 3.63) is 49.6 Å². The van der Waals surface area contributed by atoms with Gasteiger partial charge in [0.05, 0.1) is 10.7 Å². The van der Waals surface area contributed by atoms with Gasteiger partial charge >= 0.3 is 0 Å². The van der Waals surface area contributed by atoms with Gasteiger partial charge in [-0.2, -0.15) is 0 Å². The monoisotopic (exact) mass is 329 g/mol. The van der Waals surface area contributed by atoms with Crippen molar-refractivity contribution in [2.24, 2.45) is 0 Å². The third-order valence-electron chi connectivity index (χ3n) is 2.28. The maximum Gasteiger partial charge on any atom is 0.168 e. The molecular weight excluding hydrogens is 322 g/mol. The van der Waals surface area contributed by atoms with E-state index in [0.29, 0.717) is 22.7 Å². The normalized spacial score (nSPS) is 10.5. The van der Waals surface area contributed by atoms with Crippen LogP contribution in [0, 0.1) is 0 Å². The number of hydrogen-bond donors (Lipinski definition) is 1. The van der Waals surface area contributed by atoms with Crippen LogP contribution < -0.4 is 5.73 Å². The predicted molar refractivity (Wildman–Crippen MR) is 75.9 cm³/mol. The van der Waals surface area contributed by atoms with Crippen LogP contribution in [0.15, 0.2) is 34.1 Å². The summed E-state index contributed by atoms with van der Waals surface area (Å²) in [6, 6.07) is 6.91. The van der Waals surface area contributed by atoms with Crippen LogP contribution >= 0.6 is 38.9 Å². The van der Waals surface area contributed by atoms with E-state index in [1.807, 2.05) is 11.4 Å². The Hall–Kier alpha value is -0.840. The van der Waals surface area contributed by atoms with Crippen LogP contribution in [0.4, 0.5) is 5.69 Å². The zero-order valence-corrected chi connectivity index (χ0v) is 11.9. The molecule has 5 heteroatoms. The minimum absolute atomic E-state index is 0.0428. The molecule has 0 saturated heterocycles. The Morgan fingerprint density at radius 1 is 1.41 bits per heavy atom. The van der Waals surface area contributed by atoms with Crippen molar-refractivity contribution in [1.29, 1.82) is 0 Å². The number of ketones is 1. The van der Waals surface area contributed by atoms with Crippen molar-refractivity contribution in [3.63, 3.8) is 0 Å². The van der Waals surface area contributed by atoms with E-state index < -0.39 is 0 Å². The summed E-state index contributed by atoms with van der Waals surface area (Å²) in [7, 11) is 0. The number of thiophene rings is 1. The summed E-state index contributed by atoms with van der Waals surface area (Å²) in [5.74, 6) is 0.0428. The smallest absolute Gasteiger partial charge is 0.168 e. The number of benzene rings is 1. The summed E-state index contributed by atoms with van der Waals surface area (Å²) in [4.78, 5) is 13.0. The zero-order valence-electron chi connectivity index (χ0n) is 8.74. The highest BCUT2D eigenvalue weighted by Gasteiger charge is 2.10. The van der Waals surface area contributed by atoms with Gasteiger partial charge in [0.25, 0.3) is 0 Å². The van der Waals surface area contributed by atoms with Crippen LogP contribution in [0.1, 0.15) is 15.2 Å². The molecule has 0 unspecified atom stereocenters. The molecule has 2 N–H and O–H groups in total. The van der Waals surface area contributed by atoms with E-state index in [1.165, 1.54) is 0 Å². The third kappa shape index (κ3) is 3.09. The average molecular weight is 331 g/mol. The number of Topliss-reactive ketones (excluding diaryl/α,β-unsaturated/α-hetero) is 1. The fourth-order valence-electron chi connectivity index (χ4n) is 1.41. The topological polar surface area (TPSA) is 43.1 Å². The molecule has 17 heavy (non-hydrogen) atoms. The van der Waals surface area contributed by atoms with Crippen LogP contribution in [0.25, 0.3) is 0 Å². The number of carbonyl (C=O) groups excluding carboxylic acids is 1. The quantitative estimate of drug-likeness (QED) is 0.678. The molecule has 0 atom stereocenters. The Labute approximate surface area is 117 Å². The minimum atomic E-state index is 0.0428. The van der Waals surface area contributed by atoms with E-state index in [1.54, 1.807) is 29.5 Å². The van der Waals surface area contributed by atoms with Crippen LogP contribution in [-0.4, -0.2) is 5.78 Å². The lowest BCUT2D eigenvalue weighted by Crippen LogP contribution is -2.02. The maximum atomic E-state index is 12.0. The number of rotatable bonds is 3. The van der Waals surface area contributed by atoms with Crippen LogP contribution in [-0.2, 0) is 6.42 Å². The molecule has 0 aliphatic heterocycles. The Kier molecular flexibility index (Phi) is 3.86. The Morgan fingerprint density at radius 2 is 2.18 bits per heavy atom. The maximum absolute atomic E-state index is 12.0. The average Bonchev–Trinajstić information content (AvgIpc) is 2.68. The molecule has 0 amide bonds. The van der Waals surface area contributed by atoms with Crippen LogP contribution in [0.5, 0.6) is 0 Å². The zero-order chi connectivity index (χ0) is 12.4. The molecule has 0 saturated carbocycles. The van der Waals surface area contributed by atoms with Crippen LogP contribution in [0.3, 0.4) is 0 Å². The molecule has 0 aliphatic rings. The van der Waals surface area contributed by atoms with E-state index in [4.69, 9.17) is 17.3 Å². The first kappa shape index (κ1) is 12.6. The number of halogens is 2. The van der Waals surface area contributed by atoms with E-state index in [0.717, 1.165) is 9.35 Å². The number of anilines is 1. The lowest BCUT2D eigenvalue weighted by molar-refractivity contribution is 0.0994. The van der Waals surface area contributed by atoms with E-state index in [-0.39, 0.29) is 5.78 Å². The second-order valence-electron chi connectivity index (χ2n) is 3.57. The van der Waals surface area contributed by atoms with Gasteiger partial charge in [-0.1, -0.05) is 11.6 Å². The van der Waals surface area contributed by atoms with Crippen molar-refractivity contribution < 1.29 is 4.79 Å². The summed E-state index contributed by atoms with van der Waals surface area (Å²) in [5.41, 5.74) is 6.68. The first-order valence-electron chi connectivity index (χ1n) is 4.87. The molecule has 0 radical (unpaired) electrons. The molecule has 2 aromatic rings. The summed E-state index contributed by atoms with van der Waals surface area (Å²) in [6.07, 6.45) is 0.385. The molecule has 1 aromatic heterocycles. The summed E-state index contributed by atoms with van der Waals surface area (Å²) in [6.45, 7) is 0. The summed E-state index contributed by atoms with van der Waals surface area (Å²) < 4.78 is 1.00. The van der Waals surface area contributed by atoms with Crippen molar-refractivity contribution in [1.82, 2.24) is 0 Å². The molecular formula is C12H9BrClNOS. The first-order chi connectivity index (χ1) is 8.06. The minimum Gasteiger partial charge on any atom is -0.398 e. The fraction of sp³-hybridized carbons (Fsp3) is 0.0833. The number of carbonyl (C=O) groups is 1. The number of nitrogens with two attached hydrogens (primary N) is 1. The molecule has 1 heterocycles. The Bertz CT molecular complexity index is 567. The highest BCUT2D eigenvalue weighted by atomic mass is 79.9. The standard InChI is InChI=1S/C12H9BrClNOS/c13-8-4-9(17-6-8)5-12(16)7-1-2-11(15)10(14)3-7/h1-4,6H,5,15H2. The van der Waals surface area contributed by atoms with Gasteiger partial charge in [0.15, 0.2) is 5.78 Å². The van der Waals surface area contributed by atoms with Gasteiger partial charge < -0.3 is 5.73 Å². The van der Waals surface area contributed by atoms with E-state index in [2.05, 4.69) is 15.9 Å². The lowest BCUT2D eigenvalue weighted by atomic mass is 10.1. The van der Waals surface area contributed by atoms with Crippen molar-refractivity contribution >= 4 is 50.3 Å². The van der Waals surface area contributed by atoms with E-state index in [9.17, 15) is 4.79 Å². The number of hydrogen-bond acceptors (Lipinski definition) is 3. The van der Waals surface area contributed by atoms with E-state index >= 15 is 0 Å². The molecule has 0 spiro atoms. The second-order valence-corrected chi connectivity index (χ2v) is 5.89. The highest BCUT2D eigenvalue weighted by molar-refractivity contribution is 9.10. The van der Waals surface area contributed by atoms with Gasteiger partial charge in [0.1, 0.15) is 0 Å². The SMILES string of the molecule is Nc1ccc(C(=O)Cc2cc(Br)cs2)cc1Cl. The molecule has 2 nitrogen and oxygen atoms in total. The Morgan fingerprint density at radius 3 is 2.76 bits per heavy atom. The van der Waals surface area contributed by atoms with Crippen molar-refractivity contribution in [2.45, 2.75) is 6.42 Å². The lowest BCUT2D eigenvalue weighted by Gasteiger charge is -2.02. The van der Waals surface area contributed by atoms with Gasteiger partial charge in [-0.3, -0.25) is 4.79 Å².